The van der Waals surface area contributed by atoms with E-state index in [-0.39, 0.29) is 11.6 Å². The number of nitrogens with zero attached hydrogens (tertiary/aromatic N) is 1. The first kappa shape index (κ1) is 19.3. The summed E-state index contributed by atoms with van der Waals surface area (Å²) in [6.45, 7) is 0.849. The average molecular weight is 379 g/mol. The number of imide groups is 1. The number of carbonyl (C=O) groups is 3. The highest BCUT2D eigenvalue weighted by Gasteiger charge is 2.50. The second kappa shape index (κ2) is 7.62. The maximum Gasteiger partial charge on any atom is 0.325 e. The van der Waals surface area contributed by atoms with Crippen LogP contribution in [-0.4, -0.2) is 35.3 Å². The number of benzene rings is 1. The Morgan fingerprint density at radius 2 is 1.89 bits per heavy atom. The predicted octanol–water partition coefficient (Wildman–Crippen LogP) is 2.57. The number of rotatable bonds is 4. The summed E-state index contributed by atoms with van der Waals surface area (Å²) in [7, 11) is 0. The molecule has 1 atom stereocenters. The summed E-state index contributed by atoms with van der Waals surface area (Å²) >= 11 is 0. The summed E-state index contributed by atoms with van der Waals surface area (Å²) in [4.78, 5) is 38.1. The van der Waals surface area contributed by atoms with E-state index in [0.29, 0.717) is 0 Å². The van der Waals surface area contributed by atoms with Gasteiger partial charge in [-0.2, -0.15) is 0 Å². The standard InChI is InChI=1S/C19H23F2N3O3/c1-19(14-10-12(20)8-9-15(14)21)17(26)24(18(27)23-19)11-16(25)22-13-6-4-2-3-5-7-13/h8-10,13H,2-7,11H2,1H3,(H,22,25)(H,23,27)/t19-/m0/s1. The molecule has 1 saturated heterocycles. The van der Waals surface area contributed by atoms with Crippen LogP contribution in [0.3, 0.4) is 0 Å². The van der Waals surface area contributed by atoms with Crippen molar-refractivity contribution in [2.75, 3.05) is 6.54 Å². The van der Waals surface area contributed by atoms with Crippen LogP contribution in [0.4, 0.5) is 13.6 Å². The largest absolute Gasteiger partial charge is 0.352 e. The molecule has 2 aliphatic rings. The predicted molar refractivity (Wildman–Crippen MR) is 93.6 cm³/mol. The van der Waals surface area contributed by atoms with Crippen molar-refractivity contribution in [1.82, 2.24) is 15.5 Å². The second-order valence-corrected chi connectivity index (χ2v) is 7.33. The van der Waals surface area contributed by atoms with Gasteiger partial charge < -0.3 is 10.6 Å². The Bertz CT molecular complexity index is 763. The Kier molecular flexibility index (Phi) is 5.43. The van der Waals surface area contributed by atoms with Gasteiger partial charge in [0.1, 0.15) is 23.7 Å². The van der Waals surface area contributed by atoms with Crippen molar-refractivity contribution in [1.29, 1.82) is 0 Å². The number of hydrogen-bond acceptors (Lipinski definition) is 3. The van der Waals surface area contributed by atoms with Gasteiger partial charge >= 0.3 is 6.03 Å². The third kappa shape index (κ3) is 3.94. The zero-order valence-electron chi connectivity index (χ0n) is 15.2. The molecule has 1 aliphatic carbocycles. The summed E-state index contributed by atoms with van der Waals surface area (Å²) in [5, 5.41) is 5.25. The van der Waals surface area contributed by atoms with Gasteiger partial charge in [0, 0.05) is 11.6 Å². The van der Waals surface area contributed by atoms with Crippen LogP contribution in [0.5, 0.6) is 0 Å². The van der Waals surface area contributed by atoms with E-state index in [1.54, 1.807) is 0 Å². The smallest absolute Gasteiger partial charge is 0.325 e. The van der Waals surface area contributed by atoms with Gasteiger partial charge in [-0.25, -0.2) is 13.6 Å². The molecule has 1 heterocycles. The van der Waals surface area contributed by atoms with Gasteiger partial charge in [0.05, 0.1) is 0 Å². The average Bonchev–Trinajstić information content (AvgIpc) is 2.80. The van der Waals surface area contributed by atoms with Crippen LogP contribution in [0.25, 0.3) is 0 Å². The van der Waals surface area contributed by atoms with Crippen LogP contribution in [0.1, 0.15) is 51.0 Å². The molecule has 0 aromatic heterocycles. The van der Waals surface area contributed by atoms with Crippen LogP contribution >= 0.6 is 0 Å². The third-order valence-corrected chi connectivity index (χ3v) is 5.26. The molecule has 2 fully saturated rings. The number of urea groups is 1. The van der Waals surface area contributed by atoms with Gasteiger partial charge in [-0.05, 0) is 38.0 Å². The molecule has 2 N–H and O–H groups in total. The number of nitrogens with one attached hydrogen (secondary N) is 2. The van der Waals surface area contributed by atoms with Gasteiger partial charge in [0.2, 0.25) is 5.91 Å². The lowest BCUT2D eigenvalue weighted by Crippen LogP contribution is -2.45. The minimum atomic E-state index is -1.76. The van der Waals surface area contributed by atoms with Crippen LogP contribution < -0.4 is 10.6 Å². The maximum atomic E-state index is 14.1. The summed E-state index contributed by atoms with van der Waals surface area (Å²) in [6, 6.07) is 1.94. The van der Waals surface area contributed by atoms with Crippen LogP contribution in [-0.2, 0) is 15.1 Å². The molecule has 4 amide bonds. The molecule has 6 nitrogen and oxygen atoms in total. The van der Waals surface area contributed by atoms with Gasteiger partial charge in [0.15, 0.2) is 0 Å². The number of amides is 4. The van der Waals surface area contributed by atoms with Gasteiger partial charge in [-0.1, -0.05) is 25.7 Å². The topological polar surface area (TPSA) is 78.5 Å². The van der Waals surface area contributed by atoms with Crippen molar-refractivity contribution in [3.8, 4) is 0 Å². The van der Waals surface area contributed by atoms with E-state index in [9.17, 15) is 23.2 Å². The second-order valence-electron chi connectivity index (χ2n) is 7.33. The third-order valence-electron chi connectivity index (χ3n) is 5.26. The number of carbonyl (C=O) groups excluding carboxylic acids is 3. The molecule has 1 aromatic rings. The minimum absolute atomic E-state index is 0.0350. The summed E-state index contributed by atoms with van der Waals surface area (Å²) in [5.74, 6) is -2.75. The molecular weight excluding hydrogens is 356 g/mol. The fraction of sp³-hybridized carbons (Fsp3) is 0.526. The van der Waals surface area contributed by atoms with Crippen molar-refractivity contribution < 1.29 is 23.2 Å². The molecule has 8 heteroatoms. The van der Waals surface area contributed by atoms with E-state index < -0.39 is 41.6 Å². The summed E-state index contributed by atoms with van der Waals surface area (Å²) in [5.41, 5.74) is -2.03. The van der Waals surface area contributed by atoms with Crippen molar-refractivity contribution in [2.45, 2.75) is 57.0 Å². The van der Waals surface area contributed by atoms with Gasteiger partial charge in [-0.15, -0.1) is 0 Å². The fourth-order valence-electron chi connectivity index (χ4n) is 3.74. The van der Waals surface area contributed by atoms with E-state index in [4.69, 9.17) is 0 Å². The zero-order chi connectivity index (χ0) is 19.6. The Hall–Kier alpha value is -2.51. The normalized spacial score (nSPS) is 23.9. The van der Waals surface area contributed by atoms with E-state index in [1.807, 2.05) is 0 Å². The van der Waals surface area contributed by atoms with E-state index >= 15 is 0 Å². The Morgan fingerprint density at radius 3 is 2.56 bits per heavy atom. The molecule has 146 valence electrons. The molecule has 1 aliphatic heterocycles. The maximum absolute atomic E-state index is 14.1. The van der Waals surface area contributed by atoms with Crippen LogP contribution in [0.15, 0.2) is 18.2 Å². The molecular formula is C19H23F2N3O3. The first-order valence-electron chi connectivity index (χ1n) is 9.20. The molecule has 27 heavy (non-hydrogen) atoms. The van der Waals surface area contributed by atoms with Crippen LogP contribution in [0.2, 0.25) is 0 Å². The summed E-state index contributed by atoms with van der Waals surface area (Å²) < 4.78 is 27.7. The van der Waals surface area contributed by atoms with Gasteiger partial charge in [-0.3, -0.25) is 14.5 Å². The first-order valence-corrected chi connectivity index (χ1v) is 9.20. The van der Waals surface area contributed by atoms with Crippen molar-refractivity contribution in [3.63, 3.8) is 0 Å². The highest BCUT2D eigenvalue weighted by atomic mass is 19.1. The quantitative estimate of drug-likeness (QED) is 0.623. The van der Waals surface area contributed by atoms with Crippen molar-refractivity contribution >= 4 is 17.8 Å². The number of halogens is 2. The molecule has 1 saturated carbocycles. The lowest BCUT2D eigenvalue weighted by molar-refractivity contribution is -0.135. The first-order chi connectivity index (χ1) is 12.8. The lowest BCUT2D eigenvalue weighted by atomic mass is 9.91. The van der Waals surface area contributed by atoms with E-state index in [2.05, 4.69) is 10.6 Å². The van der Waals surface area contributed by atoms with Gasteiger partial charge in [0.25, 0.3) is 5.91 Å². The lowest BCUT2D eigenvalue weighted by Gasteiger charge is -2.23. The molecule has 0 bridgehead atoms. The van der Waals surface area contributed by atoms with Crippen molar-refractivity contribution in [3.05, 3.63) is 35.4 Å². The molecule has 3 rings (SSSR count). The highest BCUT2D eigenvalue weighted by molar-refractivity contribution is 6.09. The fourth-order valence-corrected chi connectivity index (χ4v) is 3.74. The Morgan fingerprint density at radius 1 is 1.22 bits per heavy atom. The molecule has 0 spiro atoms. The Labute approximate surface area is 156 Å². The monoisotopic (exact) mass is 379 g/mol. The molecule has 0 unspecified atom stereocenters. The zero-order valence-corrected chi connectivity index (χ0v) is 15.2. The number of hydrogen-bond donors (Lipinski definition) is 2. The molecule has 1 aromatic carbocycles. The molecule has 0 radical (unpaired) electrons. The van der Waals surface area contributed by atoms with E-state index in [0.717, 1.165) is 61.6 Å². The minimum Gasteiger partial charge on any atom is -0.352 e. The summed E-state index contributed by atoms with van der Waals surface area (Å²) in [6.07, 6.45) is 6.08. The Balaban J connectivity index is 1.72. The van der Waals surface area contributed by atoms with Crippen molar-refractivity contribution in [2.24, 2.45) is 0 Å². The van der Waals surface area contributed by atoms with Crippen LogP contribution in [0, 0.1) is 11.6 Å². The highest BCUT2D eigenvalue weighted by Crippen LogP contribution is 2.31. The van der Waals surface area contributed by atoms with E-state index in [1.165, 1.54) is 6.92 Å². The SMILES string of the molecule is C[C@@]1(c2cc(F)ccc2F)NC(=O)N(CC(=O)NC2CCCCCC2)C1=O.